The number of aromatic amines is 1. The van der Waals surface area contributed by atoms with Gasteiger partial charge in [-0.2, -0.15) is 16.7 Å². The van der Waals surface area contributed by atoms with Crippen LogP contribution in [0.5, 0.6) is 0 Å². The SMILES string of the molecule is CO[C@@H](/C(C)=C/C=C/C(C)=C/c1coc(C)n1)[C@@H](C)[C@@H]1C[C@H](O[Si](C)(C)CCCS(=O)(=O)CCSCC(NC(=O)C(CC(=O)O)NC(=O)C(CCCNC(=N)N)NC(=O)CCC(NC(=O)c2ccc(NCc3cnc4nc(N)[nH]c(=O)c4n3)cc2)C(=O)O)C(=O)O)[C@H]2O[C@@H]2/C=C/[C@@H](C)[C@H]2C[C@H](CC(=O)O2)C[C@@H]2O[C@H]2C(=O)O1. The third-order valence-electron chi connectivity index (χ3n) is 19.2. The number of amides is 4. The Morgan fingerprint density at radius 2 is 1.59 bits per heavy atom. The first-order valence-electron chi connectivity index (χ1n) is 36.7. The van der Waals surface area contributed by atoms with Crippen LogP contribution in [0.15, 0.2) is 87.5 Å². The summed E-state index contributed by atoms with van der Waals surface area (Å²) in [6.07, 6.45) is 9.14. The number of thioether (sulfide) groups is 1. The molecule has 3 fully saturated rings. The van der Waals surface area contributed by atoms with Crippen LogP contribution in [-0.2, 0) is 82.8 Å². The van der Waals surface area contributed by atoms with E-state index in [2.05, 4.69) is 56.8 Å². The monoisotopic (exact) mass is 1620 g/mol. The summed E-state index contributed by atoms with van der Waals surface area (Å²) in [4.78, 5) is 150. The lowest BCUT2D eigenvalue weighted by molar-refractivity contribution is -0.159. The highest BCUT2D eigenvalue weighted by molar-refractivity contribution is 8.00. The number of rotatable bonds is 39. The zero-order chi connectivity index (χ0) is 81.7. The van der Waals surface area contributed by atoms with Crippen LogP contribution in [0.4, 0.5) is 11.6 Å². The van der Waals surface area contributed by atoms with E-state index in [-0.39, 0.29) is 97.2 Å². The standard InChI is InChI=1S/C73H100N14O22S2Si/c1-38(28-46-36-104-42(5)80-46)12-9-13-40(3)61(103-6)41(4)54-33-56(62-52(106-62)21-15-39(2)53-29-43(31-59(91)105-53)30-55-63(107-55)71(100)108-54)109-112(7,8)27-11-25-111(101,102)26-24-110-37-51(70(98)99)85-67(94)50(32-58(89)90)84-66(93)48(14-10-23-77-72(74)75)82-57(88)22-20-49(69(96)97)83-65(92)44-16-18-45(19-17-44)78-34-47-35-79-64-60(81-47)68(95)87-73(76)86-64/h9,12-13,15-19,21,28,35-36,39,41,43,48-56,61-63,78H,10-11,14,20,22-27,29-34,37H2,1-8H3,(H,82,88)(H,83,92)(H,84,93)(H,85,94)(H,89,90)(H,96,97)(H,98,99)(H4,74,75,77)(H3,76,79,86,87,95)/b12-9+,21-15+,38-28+,40-13+/t39-,41+,43+,48?,49?,50?,51?,52-,53-,54+,55+,56+,61+,62+,63-/m1/s1. The maximum atomic E-state index is 14.2. The Hall–Kier alpha value is -9.93. The van der Waals surface area contributed by atoms with Gasteiger partial charge in [-0.25, -0.2) is 37.8 Å². The maximum Gasteiger partial charge on any atom is 0.338 e. The molecule has 4 aliphatic rings. The van der Waals surface area contributed by atoms with E-state index in [4.69, 9.17) is 49.4 Å². The summed E-state index contributed by atoms with van der Waals surface area (Å²) in [5.74, 6) is -11.5. The Morgan fingerprint density at radius 3 is 2.28 bits per heavy atom. The zero-order valence-electron chi connectivity index (χ0n) is 63.5. The molecule has 3 aromatic heterocycles. The molecular formula is C73H100N14O22S2Si. The number of oxazole rings is 1. The molecular weight excluding hydrogens is 1520 g/mol. The fourth-order valence-electron chi connectivity index (χ4n) is 13.1. The van der Waals surface area contributed by atoms with Gasteiger partial charge in [-0.05, 0) is 119 Å². The van der Waals surface area contributed by atoms with Gasteiger partial charge in [0.2, 0.25) is 23.7 Å². The van der Waals surface area contributed by atoms with Crippen LogP contribution in [0, 0.1) is 30.1 Å². The Kier molecular flexibility index (Phi) is 31.7. The number of nitrogens with one attached hydrogen (secondary N) is 8. The minimum Gasteiger partial charge on any atom is -0.481 e. The van der Waals surface area contributed by atoms with Crippen molar-refractivity contribution in [3.05, 3.63) is 111 Å². The number of carbonyl (C=O) groups excluding carboxylic acids is 6. The predicted molar refractivity (Wildman–Crippen MR) is 412 cm³/mol. The number of methoxy groups -OCH3 is 1. The zero-order valence-corrected chi connectivity index (χ0v) is 66.1. The van der Waals surface area contributed by atoms with Crippen LogP contribution in [0.1, 0.15) is 120 Å². The molecule has 610 valence electrons. The highest BCUT2D eigenvalue weighted by Crippen LogP contribution is 2.41. The second kappa shape index (κ2) is 40.5. The third-order valence-corrected chi connectivity index (χ3v) is 24.7. The number of carboxylic acid groups (broad SMARTS) is 3. The average molecular weight is 1620 g/mol. The molecule has 4 aromatic rings. The van der Waals surface area contributed by atoms with Gasteiger partial charge in [0.25, 0.3) is 11.5 Å². The second-order valence-electron chi connectivity index (χ2n) is 28.9. The Balaban J connectivity index is 0.842. The number of carboxylic acids is 3. The largest absolute Gasteiger partial charge is 0.481 e. The lowest BCUT2D eigenvalue weighted by Crippen LogP contribution is -2.56. The number of nitrogen functional groups attached to an aromatic ring is 1. The molecule has 1 aromatic carbocycles. The number of nitrogens with two attached hydrogens (primary N) is 2. The molecule has 0 spiro atoms. The normalized spacial score (nSPS) is 22.7. The summed E-state index contributed by atoms with van der Waals surface area (Å²) in [5.41, 5.74) is 13.8. The summed E-state index contributed by atoms with van der Waals surface area (Å²) in [5, 5.41) is 52.5. The molecule has 3 saturated heterocycles. The molecule has 4 amide bonds. The molecule has 7 heterocycles. The third kappa shape index (κ3) is 27.5. The number of guanidine groups is 1. The number of anilines is 2. The van der Waals surface area contributed by atoms with Crippen LogP contribution < -0.4 is 48.9 Å². The predicted octanol–water partition coefficient (Wildman–Crippen LogP) is 3.58. The van der Waals surface area contributed by atoms with Crippen LogP contribution >= 0.6 is 11.8 Å². The van der Waals surface area contributed by atoms with Crippen LogP contribution in [-0.4, -0.2) is 226 Å². The number of allylic oxidation sites excluding steroid dienone is 4. The number of sulfone groups is 1. The molecule has 15 atom stereocenters. The minimum atomic E-state index is -3.80. The van der Waals surface area contributed by atoms with Crippen molar-refractivity contribution in [3.8, 4) is 0 Å². The van der Waals surface area contributed by atoms with Crippen molar-refractivity contribution in [2.75, 3.05) is 47.7 Å². The van der Waals surface area contributed by atoms with Gasteiger partial charge >= 0.3 is 29.8 Å². The number of aromatic nitrogens is 5. The first-order chi connectivity index (χ1) is 53.0. The summed E-state index contributed by atoms with van der Waals surface area (Å²) in [6.45, 7) is 13.5. The fraction of sp³-hybridized carbons (Fsp3) is 0.548. The number of fused-ring (bicyclic) bond motifs is 5. The van der Waals surface area contributed by atoms with Crippen molar-refractivity contribution in [2.45, 2.75) is 198 Å². The molecule has 112 heavy (non-hydrogen) atoms. The maximum absolute atomic E-state index is 14.2. The van der Waals surface area contributed by atoms with Gasteiger partial charge in [-0.3, -0.25) is 44.0 Å². The van der Waals surface area contributed by atoms with E-state index < -0.39 is 187 Å². The number of esters is 2. The molecule has 0 saturated carbocycles. The minimum absolute atomic E-state index is 0.00401. The highest BCUT2D eigenvalue weighted by atomic mass is 32.2. The lowest BCUT2D eigenvalue weighted by Gasteiger charge is -2.35. The molecule has 0 aliphatic carbocycles. The van der Waals surface area contributed by atoms with Gasteiger partial charge in [0.05, 0.1) is 54.7 Å². The number of cyclic esters (lactones) is 1. The quantitative estimate of drug-likeness (QED) is 0.00444. The molecule has 2 bridgehead atoms. The number of hydrogen-bond acceptors (Lipinski definition) is 27. The van der Waals surface area contributed by atoms with E-state index in [1.165, 1.54) is 30.5 Å². The second-order valence-corrected chi connectivity index (χ2v) is 36.6. The van der Waals surface area contributed by atoms with Crippen molar-refractivity contribution in [2.24, 2.45) is 23.5 Å². The molecule has 4 unspecified atom stereocenters. The van der Waals surface area contributed by atoms with E-state index in [1.54, 1.807) is 20.3 Å². The smallest absolute Gasteiger partial charge is 0.338 e. The number of nitrogens with zero attached hydrogens (tertiary/aromatic N) is 4. The van der Waals surface area contributed by atoms with E-state index >= 15 is 0 Å². The number of ether oxygens (including phenoxy) is 5. The number of aliphatic carboxylic acids is 3. The Morgan fingerprint density at radius 1 is 0.875 bits per heavy atom. The number of benzene rings is 1. The summed E-state index contributed by atoms with van der Waals surface area (Å²) >= 11 is 0.881. The number of epoxide rings is 2. The first-order valence-corrected chi connectivity index (χ1v) is 42.8. The average Bonchev–Trinajstić information content (AvgIpc) is 1.62. The van der Waals surface area contributed by atoms with Crippen molar-refractivity contribution in [1.82, 2.24) is 51.5 Å². The van der Waals surface area contributed by atoms with Gasteiger partial charge in [0.1, 0.15) is 60.5 Å². The van der Waals surface area contributed by atoms with Gasteiger partial charge in [0.15, 0.2) is 47.3 Å². The lowest BCUT2D eigenvalue weighted by atomic mass is 9.85. The summed E-state index contributed by atoms with van der Waals surface area (Å²) in [6, 6.07) is -0.625. The van der Waals surface area contributed by atoms with E-state index in [1.807, 2.05) is 77.2 Å². The van der Waals surface area contributed by atoms with Crippen molar-refractivity contribution < 1.29 is 99.4 Å². The summed E-state index contributed by atoms with van der Waals surface area (Å²) in [7, 11) is -5.06. The fourth-order valence-corrected chi connectivity index (χ4v) is 18.5. The van der Waals surface area contributed by atoms with Crippen molar-refractivity contribution >= 4 is 118 Å². The summed E-state index contributed by atoms with van der Waals surface area (Å²) < 4.78 is 70.4. The molecule has 36 nitrogen and oxygen atoms in total. The number of hydrogen-bond donors (Lipinski definition) is 13. The molecule has 8 rings (SSSR count). The van der Waals surface area contributed by atoms with E-state index in [0.29, 0.717) is 41.9 Å². The molecule has 4 aliphatic heterocycles. The van der Waals surface area contributed by atoms with Crippen LogP contribution in [0.3, 0.4) is 0 Å². The number of carbonyl (C=O) groups is 9. The van der Waals surface area contributed by atoms with Gasteiger partial charge in [0, 0.05) is 74.4 Å². The van der Waals surface area contributed by atoms with Crippen molar-refractivity contribution in [1.29, 1.82) is 5.41 Å². The Labute approximate surface area is 651 Å². The van der Waals surface area contributed by atoms with Gasteiger partial charge in [-0.15, -0.1) is 0 Å². The van der Waals surface area contributed by atoms with Crippen molar-refractivity contribution in [3.63, 3.8) is 0 Å². The van der Waals surface area contributed by atoms with Crippen LogP contribution in [0.25, 0.3) is 17.2 Å². The highest BCUT2D eigenvalue weighted by Gasteiger charge is 2.52. The van der Waals surface area contributed by atoms with Gasteiger partial charge < -0.3 is 91.2 Å². The molecule has 0 radical (unpaired) electrons. The van der Waals surface area contributed by atoms with Crippen LogP contribution in [0.2, 0.25) is 19.1 Å². The van der Waals surface area contributed by atoms with E-state index in [0.717, 1.165) is 22.9 Å². The van der Waals surface area contributed by atoms with Gasteiger partial charge in [-0.1, -0.05) is 44.2 Å². The van der Waals surface area contributed by atoms with E-state index in [9.17, 15) is 71.7 Å². The number of H-pyrrole nitrogens is 1. The molecule has 39 heteroatoms. The first kappa shape index (κ1) is 87.6. The topological polar surface area (TPSA) is 556 Å². The number of aryl methyl sites for hydroxylation is 1. The molecule has 15 N–H and O–H groups in total. The Bertz CT molecular complexity index is 4370.